The molecule has 0 bridgehead atoms. The van der Waals surface area contributed by atoms with Crippen molar-refractivity contribution in [3.8, 4) is 0 Å². The van der Waals surface area contributed by atoms with E-state index in [2.05, 4.69) is 196 Å². The number of unbranched alkanes of at least 4 members (excludes halogenated alkanes) is 4. The lowest BCUT2D eigenvalue weighted by Crippen LogP contribution is -2.60. The van der Waals surface area contributed by atoms with Crippen LogP contribution in [-0.4, -0.2) is 11.4 Å². The maximum absolute atomic E-state index is 2.95. The molecule has 0 aromatic heterocycles. The van der Waals surface area contributed by atoms with Crippen molar-refractivity contribution in [1.29, 1.82) is 0 Å². The first-order chi connectivity index (χ1) is 27.2. The molecule has 0 aliphatic rings. The summed E-state index contributed by atoms with van der Waals surface area (Å²) in [5.41, 5.74) is 11.3. The highest BCUT2D eigenvalue weighted by molar-refractivity contribution is 5.60. The van der Waals surface area contributed by atoms with Crippen molar-refractivity contribution < 1.29 is 0 Å². The molecular formula is C54H63N. The number of hydrogen-bond acceptors (Lipinski definition) is 1. The van der Waals surface area contributed by atoms with Gasteiger partial charge < -0.3 is 0 Å². The minimum Gasteiger partial charge on any atom is -0.268 e. The molecule has 6 aromatic carbocycles. The molecule has 0 atom stereocenters. The normalized spacial score (nSPS) is 11.9. The van der Waals surface area contributed by atoms with Gasteiger partial charge in [-0.1, -0.05) is 217 Å². The topological polar surface area (TPSA) is 3.24 Å². The summed E-state index contributed by atoms with van der Waals surface area (Å²) in [4.78, 5) is 2.95. The van der Waals surface area contributed by atoms with E-state index in [9.17, 15) is 0 Å². The average molecular weight is 726 g/mol. The Kier molecular flexibility index (Phi) is 14.3. The van der Waals surface area contributed by atoms with E-state index in [-0.39, 0.29) is 0 Å². The summed E-state index contributed by atoms with van der Waals surface area (Å²) < 4.78 is 0. The molecule has 6 rings (SSSR count). The van der Waals surface area contributed by atoms with Crippen molar-refractivity contribution in [1.82, 2.24) is 4.90 Å². The lowest BCUT2D eigenvalue weighted by atomic mass is 9.66. The Labute approximate surface area is 333 Å². The zero-order valence-corrected chi connectivity index (χ0v) is 34.0. The minimum absolute atomic E-state index is 0.656. The van der Waals surface area contributed by atoms with Crippen LogP contribution in [0.1, 0.15) is 129 Å². The third kappa shape index (κ3) is 8.15. The van der Waals surface area contributed by atoms with E-state index in [1.54, 1.807) is 16.7 Å². The first kappa shape index (κ1) is 40.0. The van der Waals surface area contributed by atoms with E-state index in [4.69, 9.17) is 0 Å². The van der Waals surface area contributed by atoms with E-state index in [1.807, 2.05) is 0 Å². The molecule has 0 unspecified atom stereocenters. The Morgan fingerprint density at radius 3 is 1.07 bits per heavy atom. The van der Waals surface area contributed by atoms with Crippen molar-refractivity contribution in [2.24, 2.45) is 0 Å². The molecule has 6 aromatic rings. The third-order valence-electron chi connectivity index (χ3n) is 11.8. The van der Waals surface area contributed by atoms with Crippen molar-refractivity contribution in [2.75, 3.05) is 6.54 Å². The van der Waals surface area contributed by atoms with Crippen LogP contribution in [0.5, 0.6) is 0 Å². The second-order valence-electron chi connectivity index (χ2n) is 15.3. The lowest BCUT2D eigenvalue weighted by Gasteiger charge is -2.57. The van der Waals surface area contributed by atoms with Crippen molar-refractivity contribution >= 4 is 0 Å². The largest absolute Gasteiger partial charge is 0.268 e. The van der Waals surface area contributed by atoms with Crippen LogP contribution in [0.4, 0.5) is 0 Å². The molecule has 0 saturated heterocycles. The molecule has 0 aliphatic carbocycles. The molecule has 0 fully saturated rings. The smallest absolute Gasteiger partial charge is 0.0988 e. The molecule has 0 spiro atoms. The lowest BCUT2D eigenvalue weighted by molar-refractivity contribution is 0.0627. The van der Waals surface area contributed by atoms with Gasteiger partial charge in [-0.2, -0.15) is 0 Å². The standard InChI is InChI=1S/C54H63N/c1-5-9-28-44-41-42-52(51(40-11-7-3)50(44)39-10-6-2)54(48-35-24-16-25-36-48,49-37-26-17-27-38-49)55(43-12-8-4)53(45-29-18-13-19-30-45,46-31-20-14-21-32-46)47-33-22-15-23-34-47/h13-27,29-38,41-42H,5-12,28,39-40,43H2,1-4H3. The van der Waals surface area contributed by atoms with Gasteiger partial charge >= 0.3 is 0 Å². The van der Waals surface area contributed by atoms with Gasteiger partial charge in [-0.3, -0.25) is 4.90 Å². The summed E-state index contributed by atoms with van der Waals surface area (Å²) in [6, 6.07) is 62.4. The Morgan fingerprint density at radius 1 is 0.345 bits per heavy atom. The fourth-order valence-electron chi connectivity index (χ4n) is 9.19. The van der Waals surface area contributed by atoms with Gasteiger partial charge in [-0.05, 0) is 95.0 Å². The predicted molar refractivity (Wildman–Crippen MR) is 236 cm³/mol. The van der Waals surface area contributed by atoms with Crippen molar-refractivity contribution in [3.05, 3.63) is 214 Å². The zero-order chi connectivity index (χ0) is 38.4. The van der Waals surface area contributed by atoms with E-state index in [0.717, 1.165) is 45.1 Å². The van der Waals surface area contributed by atoms with Gasteiger partial charge in [0.2, 0.25) is 0 Å². The first-order valence-corrected chi connectivity index (χ1v) is 21.4. The molecule has 0 radical (unpaired) electrons. The molecule has 0 N–H and O–H groups in total. The Hall–Kier alpha value is -4.72. The minimum atomic E-state index is -0.660. The average Bonchev–Trinajstić information content (AvgIpc) is 3.26. The second kappa shape index (κ2) is 19.7. The Balaban J connectivity index is 1.89. The highest BCUT2D eigenvalue weighted by Gasteiger charge is 2.54. The second-order valence-corrected chi connectivity index (χ2v) is 15.3. The highest BCUT2D eigenvalue weighted by Crippen LogP contribution is 2.55. The molecule has 1 heteroatoms. The summed E-state index contributed by atoms with van der Waals surface area (Å²) in [6.07, 6.45) is 12.6. The number of nitrogens with zero attached hydrogens (tertiary/aromatic N) is 1. The van der Waals surface area contributed by atoms with E-state index < -0.39 is 11.1 Å². The number of rotatable bonds is 20. The maximum Gasteiger partial charge on any atom is 0.0988 e. The fraction of sp³-hybridized carbons (Fsp3) is 0.333. The molecule has 0 heterocycles. The summed E-state index contributed by atoms with van der Waals surface area (Å²) >= 11 is 0. The van der Waals surface area contributed by atoms with Gasteiger partial charge in [-0.25, -0.2) is 0 Å². The van der Waals surface area contributed by atoms with Gasteiger partial charge in [0, 0.05) is 6.54 Å². The van der Waals surface area contributed by atoms with Crippen LogP contribution in [-0.2, 0) is 30.3 Å². The van der Waals surface area contributed by atoms with Gasteiger partial charge in [0.25, 0.3) is 0 Å². The number of hydrogen-bond donors (Lipinski definition) is 0. The molecule has 0 saturated carbocycles. The van der Waals surface area contributed by atoms with Gasteiger partial charge in [-0.15, -0.1) is 0 Å². The molecular weight excluding hydrogens is 663 g/mol. The van der Waals surface area contributed by atoms with Crippen LogP contribution in [0.2, 0.25) is 0 Å². The van der Waals surface area contributed by atoms with E-state index in [0.29, 0.717) is 0 Å². The molecule has 0 aliphatic heterocycles. The van der Waals surface area contributed by atoms with Gasteiger partial charge in [0.1, 0.15) is 0 Å². The van der Waals surface area contributed by atoms with Crippen LogP contribution in [0, 0.1) is 0 Å². The molecule has 284 valence electrons. The predicted octanol–water partition coefficient (Wildman–Crippen LogP) is 14.1. The van der Waals surface area contributed by atoms with Crippen LogP contribution >= 0.6 is 0 Å². The maximum atomic E-state index is 2.95. The summed E-state index contributed by atoms with van der Waals surface area (Å²) in [5.74, 6) is 0. The number of aryl methyl sites for hydroxylation is 1. The molecule has 1 nitrogen and oxygen atoms in total. The van der Waals surface area contributed by atoms with Crippen LogP contribution in [0.25, 0.3) is 0 Å². The summed E-state index contributed by atoms with van der Waals surface area (Å²) in [7, 11) is 0. The van der Waals surface area contributed by atoms with Crippen molar-refractivity contribution in [2.45, 2.75) is 109 Å². The number of benzene rings is 6. The van der Waals surface area contributed by atoms with Crippen LogP contribution in [0.15, 0.2) is 164 Å². The Bertz CT molecular complexity index is 1850. The van der Waals surface area contributed by atoms with E-state index in [1.165, 1.54) is 65.5 Å². The highest BCUT2D eigenvalue weighted by atomic mass is 15.3. The van der Waals surface area contributed by atoms with Crippen LogP contribution in [0.3, 0.4) is 0 Å². The third-order valence-corrected chi connectivity index (χ3v) is 11.8. The Morgan fingerprint density at radius 2 is 0.691 bits per heavy atom. The van der Waals surface area contributed by atoms with Crippen molar-refractivity contribution in [3.63, 3.8) is 0 Å². The van der Waals surface area contributed by atoms with Gasteiger partial charge in [0.15, 0.2) is 0 Å². The molecule has 55 heavy (non-hydrogen) atoms. The summed E-state index contributed by atoms with van der Waals surface area (Å²) in [5, 5.41) is 0. The quantitative estimate of drug-likeness (QED) is 0.0708. The van der Waals surface area contributed by atoms with E-state index >= 15 is 0 Å². The molecule has 0 amide bonds. The SMILES string of the molecule is CCCCc1ccc(C(c2ccccc2)(c2ccccc2)N(CCCC)C(c2ccccc2)(c2ccccc2)c2ccccc2)c(CCCC)c1CCCC. The fourth-order valence-corrected chi connectivity index (χ4v) is 9.19. The zero-order valence-electron chi connectivity index (χ0n) is 34.0. The van der Waals surface area contributed by atoms with Gasteiger partial charge in [0.05, 0.1) is 11.1 Å². The van der Waals surface area contributed by atoms with Crippen LogP contribution < -0.4 is 0 Å². The monoisotopic (exact) mass is 725 g/mol. The first-order valence-electron chi connectivity index (χ1n) is 21.4. The summed E-state index contributed by atoms with van der Waals surface area (Å²) in [6.45, 7) is 10.3.